The van der Waals surface area contributed by atoms with Crippen LogP contribution < -0.4 is 0 Å². The van der Waals surface area contributed by atoms with Crippen molar-refractivity contribution in [2.75, 3.05) is 46.4 Å². The molecule has 5 heteroatoms. The molecule has 1 amide bonds. The molecule has 0 N–H and O–H groups in total. The molecule has 1 aromatic heterocycles. The molecule has 5 nitrogen and oxygen atoms in total. The van der Waals surface area contributed by atoms with Crippen LogP contribution >= 0.6 is 0 Å². The molecule has 126 valence electrons. The number of carbonyl (C=O) groups excluding carboxylic acids is 1. The Hall–Kier alpha value is -1.46. The van der Waals surface area contributed by atoms with Crippen molar-refractivity contribution in [1.29, 1.82) is 0 Å². The van der Waals surface area contributed by atoms with E-state index in [0.29, 0.717) is 12.5 Å². The van der Waals surface area contributed by atoms with E-state index in [9.17, 15) is 4.79 Å². The molecule has 0 aromatic carbocycles. The highest BCUT2D eigenvalue weighted by Crippen LogP contribution is 2.42. The number of methoxy groups -OCH3 is 1. The van der Waals surface area contributed by atoms with Gasteiger partial charge in [-0.15, -0.1) is 0 Å². The molecular formula is C18H27N3O2. The average molecular weight is 317 g/mol. The van der Waals surface area contributed by atoms with E-state index < -0.39 is 0 Å². The highest BCUT2D eigenvalue weighted by Gasteiger charge is 2.46. The Bertz CT molecular complexity index is 508. The number of rotatable bonds is 6. The first kappa shape index (κ1) is 16.4. The van der Waals surface area contributed by atoms with Crippen LogP contribution in [0.5, 0.6) is 0 Å². The Balaban J connectivity index is 1.46. The number of carbonyl (C=O) groups is 1. The molecule has 1 saturated carbocycles. The molecule has 0 atom stereocenters. The third-order valence-electron chi connectivity index (χ3n) is 5.31. The van der Waals surface area contributed by atoms with Gasteiger partial charge in [0.1, 0.15) is 0 Å². The van der Waals surface area contributed by atoms with Crippen molar-refractivity contribution < 1.29 is 9.53 Å². The van der Waals surface area contributed by atoms with Crippen LogP contribution in [-0.4, -0.2) is 67.1 Å². The van der Waals surface area contributed by atoms with E-state index in [4.69, 9.17) is 4.74 Å². The first-order valence-corrected chi connectivity index (χ1v) is 8.63. The first-order valence-electron chi connectivity index (χ1n) is 8.63. The molecule has 1 aliphatic carbocycles. The van der Waals surface area contributed by atoms with Gasteiger partial charge < -0.3 is 9.64 Å². The van der Waals surface area contributed by atoms with Gasteiger partial charge in [0.2, 0.25) is 5.91 Å². The molecule has 3 rings (SSSR count). The van der Waals surface area contributed by atoms with Gasteiger partial charge in [-0.2, -0.15) is 0 Å². The lowest BCUT2D eigenvalue weighted by atomic mass is 9.68. The fourth-order valence-corrected chi connectivity index (χ4v) is 3.65. The fourth-order valence-electron chi connectivity index (χ4n) is 3.65. The number of nitrogens with zero attached hydrogens (tertiary/aromatic N) is 3. The normalized spacial score (nSPS) is 21.0. The second kappa shape index (κ2) is 7.41. The quantitative estimate of drug-likeness (QED) is 0.799. The zero-order valence-corrected chi connectivity index (χ0v) is 14.0. The Morgan fingerprint density at radius 1 is 1.22 bits per heavy atom. The number of ether oxygens (including phenoxy) is 1. The van der Waals surface area contributed by atoms with Gasteiger partial charge in [0.25, 0.3) is 0 Å². The van der Waals surface area contributed by atoms with Crippen LogP contribution in [0.15, 0.2) is 24.5 Å². The topological polar surface area (TPSA) is 45.7 Å². The fraction of sp³-hybridized carbons (Fsp3) is 0.667. The minimum absolute atomic E-state index is 0.214. The molecule has 2 heterocycles. The lowest BCUT2D eigenvalue weighted by Crippen LogP contribution is -2.56. The van der Waals surface area contributed by atoms with Crippen molar-refractivity contribution in [3.8, 4) is 0 Å². The van der Waals surface area contributed by atoms with E-state index in [1.165, 1.54) is 5.56 Å². The number of pyridine rings is 1. The van der Waals surface area contributed by atoms with Crippen LogP contribution in [0.4, 0.5) is 0 Å². The number of hydrogen-bond acceptors (Lipinski definition) is 4. The molecule has 2 aliphatic rings. The first-order chi connectivity index (χ1) is 11.2. The summed E-state index contributed by atoms with van der Waals surface area (Å²) >= 11 is 0. The molecule has 1 aliphatic heterocycles. The van der Waals surface area contributed by atoms with E-state index in [-0.39, 0.29) is 5.41 Å². The van der Waals surface area contributed by atoms with Gasteiger partial charge in [-0.3, -0.25) is 14.7 Å². The van der Waals surface area contributed by atoms with Crippen molar-refractivity contribution in [2.24, 2.45) is 5.41 Å². The third kappa shape index (κ3) is 3.72. The summed E-state index contributed by atoms with van der Waals surface area (Å²) in [6.07, 6.45) is 7.87. The van der Waals surface area contributed by atoms with Gasteiger partial charge in [-0.1, -0.05) is 6.42 Å². The monoisotopic (exact) mass is 317 g/mol. The summed E-state index contributed by atoms with van der Waals surface area (Å²) in [5, 5.41) is 0. The van der Waals surface area contributed by atoms with Crippen molar-refractivity contribution in [3.63, 3.8) is 0 Å². The lowest BCUT2D eigenvalue weighted by Gasteiger charge is -2.45. The van der Waals surface area contributed by atoms with Crippen LogP contribution in [0.1, 0.15) is 24.8 Å². The van der Waals surface area contributed by atoms with Gasteiger partial charge >= 0.3 is 0 Å². The van der Waals surface area contributed by atoms with Crippen LogP contribution in [0, 0.1) is 5.41 Å². The number of aromatic nitrogens is 1. The maximum Gasteiger partial charge on any atom is 0.231 e. The molecule has 23 heavy (non-hydrogen) atoms. The third-order valence-corrected chi connectivity index (χ3v) is 5.31. The Morgan fingerprint density at radius 2 is 1.91 bits per heavy atom. The van der Waals surface area contributed by atoms with Crippen molar-refractivity contribution in [1.82, 2.24) is 14.8 Å². The number of amides is 1. The minimum atomic E-state index is -0.214. The van der Waals surface area contributed by atoms with Gasteiger partial charge in [-0.25, -0.2) is 0 Å². The number of piperazine rings is 1. The van der Waals surface area contributed by atoms with Gasteiger partial charge in [0, 0.05) is 52.2 Å². The summed E-state index contributed by atoms with van der Waals surface area (Å²) in [5.41, 5.74) is 1.11. The minimum Gasteiger partial charge on any atom is -0.384 e. The zero-order chi connectivity index (χ0) is 16.1. The molecule has 0 unspecified atom stereocenters. The predicted octanol–water partition coefficient (Wildman–Crippen LogP) is 1.58. The van der Waals surface area contributed by atoms with Crippen LogP contribution in [0.2, 0.25) is 0 Å². The largest absolute Gasteiger partial charge is 0.384 e. The molecule has 2 fully saturated rings. The van der Waals surface area contributed by atoms with Gasteiger partial charge in [-0.05, 0) is 37.0 Å². The van der Waals surface area contributed by atoms with Crippen LogP contribution in [0.25, 0.3) is 0 Å². The Labute approximate surface area is 138 Å². The average Bonchev–Trinajstić information content (AvgIpc) is 2.57. The summed E-state index contributed by atoms with van der Waals surface area (Å²) < 4.78 is 5.31. The van der Waals surface area contributed by atoms with E-state index >= 15 is 0 Å². The van der Waals surface area contributed by atoms with Gasteiger partial charge in [0.15, 0.2) is 0 Å². The Morgan fingerprint density at radius 3 is 2.48 bits per heavy atom. The summed E-state index contributed by atoms with van der Waals surface area (Å²) in [5.74, 6) is 0.319. The Kier molecular flexibility index (Phi) is 5.28. The maximum atomic E-state index is 12.8. The van der Waals surface area contributed by atoms with Crippen LogP contribution in [0.3, 0.4) is 0 Å². The van der Waals surface area contributed by atoms with Crippen molar-refractivity contribution in [2.45, 2.75) is 25.7 Å². The summed E-state index contributed by atoms with van der Waals surface area (Å²) in [4.78, 5) is 21.4. The lowest BCUT2D eigenvalue weighted by molar-refractivity contribution is -0.153. The van der Waals surface area contributed by atoms with E-state index in [0.717, 1.165) is 58.4 Å². The molecule has 0 bridgehead atoms. The summed E-state index contributed by atoms with van der Waals surface area (Å²) in [6.45, 7) is 5.27. The second-order valence-electron chi connectivity index (χ2n) is 6.81. The molecule has 1 aromatic rings. The number of hydrogen-bond donors (Lipinski definition) is 0. The second-order valence-corrected chi connectivity index (χ2v) is 6.81. The molecular weight excluding hydrogens is 290 g/mol. The SMILES string of the molecule is COCC1(C(=O)N2CCN(CCc3ccncc3)CC2)CCC1. The maximum absolute atomic E-state index is 12.8. The van der Waals surface area contributed by atoms with Crippen LogP contribution in [-0.2, 0) is 16.0 Å². The van der Waals surface area contributed by atoms with E-state index in [1.54, 1.807) is 7.11 Å². The van der Waals surface area contributed by atoms with Gasteiger partial charge in [0.05, 0.1) is 12.0 Å². The molecule has 0 spiro atoms. The highest BCUT2D eigenvalue weighted by molar-refractivity contribution is 5.84. The molecule has 1 saturated heterocycles. The standard InChI is InChI=1S/C18H27N3O2/c1-23-15-18(6-2-7-18)17(22)21-13-11-20(12-14-21)10-5-16-3-8-19-9-4-16/h3-4,8-9H,2,5-7,10-15H2,1H3. The van der Waals surface area contributed by atoms with E-state index in [1.807, 2.05) is 12.4 Å². The summed E-state index contributed by atoms with van der Waals surface area (Å²) in [7, 11) is 1.70. The highest BCUT2D eigenvalue weighted by atomic mass is 16.5. The van der Waals surface area contributed by atoms with E-state index in [2.05, 4.69) is 26.9 Å². The predicted molar refractivity (Wildman–Crippen MR) is 89.1 cm³/mol. The smallest absolute Gasteiger partial charge is 0.231 e. The van der Waals surface area contributed by atoms with Crippen molar-refractivity contribution >= 4 is 5.91 Å². The zero-order valence-electron chi connectivity index (χ0n) is 14.0. The summed E-state index contributed by atoms with van der Waals surface area (Å²) in [6, 6.07) is 4.15. The molecule has 0 radical (unpaired) electrons. The van der Waals surface area contributed by atoms with Crippen molar-refractivity contribution in [3.05, 3.63) is 30.1 Å².